The monoisotopic (exact) mass is 288 g/mol. The minimum Gasteiger partial charge on any atom is -0.299 e. The van der Waals surface area contributed by atoms with Crippen LogP contribution >= 0.6 is 0 Å². The fraction of sp³-hybridized carbons (Fsp3) is 0.650. The minimum atomic E-state index is -0.283. The van der Waals surface area contributed by atoms with E-state index in [9.17, 15) is 4.79 Å². The Kier molecular flexibility index (Phi) is 5.41. The summed E-state index contributed by atoms with van der Waals surface area (Å²) in [5.74, 6) is 0.716. The molecule has 1 aromatic carbocycles. The van der Waals surface area contributed by atoms with Crippen LogP contribution in [-0.4, -0.2) is 5.78 Å². The molecule has 1 aromatic rings. The van der Waals surface area contributed by atoms with Gasteiger partial charge in [0.05, 0.1) is 0 Å². The molecule has 0 aliphatic heterocycles. The molecule has 0 radical (unpaired) electrons. The Labute approximate surface area is 131 Å². The molecule has 1 rings (SSSR count). The van der Waals surface area contributed by atoms with Crippen molar-refractivity contribution in [3.63, 3.8) is 0 Å². The maximum atomic E-state index is 12.9. The third-order valence-electron chi connectivity index (χ3n) is 4.29. The molecule has 0 saturated carbocycles. The Morgan fingerprint density at radius 2 is 1.48 bits per heavy atom. The topological polar surface area (TPSA) is 17.1 Å². The molecule has 0 bridgehead atoms. The van der Waals surface area contributed by atoms with Gasteiger partial charge in [-0.2, -0.15) is 0 Å². The van der Waals surface area contributed by atoms with E-state index in [1.807, 2.05) is 20.8 Å². The van der Waals surface area contributed by atoms with E-state index in [1.165, 1.54) is 11.1 Å². The zero-order valence-corrected chi connectivity index (χ0v) is 15.1. The van der Waals surface area contributed by atoms with Gasteiger partial charge in [-0.1, -0.05) is 78.3 Å². The zero-order valence-electron chi connectivity index (χ0n) is 15.1. The van der Waals surface area contributed by atoms with Gasteiger partial charge in [-0.15, -0.1) is 0 Å². The van der Waals surface area contributed by atoms with Gasteiger partial charge in [0.2, 0.25) is 0 Å². The van der Waals surface area contributed by atoms with Gasteiger partial charge in [-0.05, 0) is 30.2 Å². The number of rotatable bonds is 4. The summed E-state index contributed by atoms with van der Waals surface area (Å²) in [6, 6.07) is 8.71. The van der Waals surface area contributed by atoms with Crippen molar-refractivity contribution in [3.8, 4) is 0 Å². The summed E-state index contributed by atoms with van der Waals surface area (Å²) >= 11 is 0. The van der Waals surface area contributed by atoms with Crippen LogP contribution in [0, 0.1) is 23.7 Å². The second kappa shape index (κ2) is 6.34. The van der Waals surface area contributed by atoms with Crippen LogP contribution < -0.4 is 0 Å². The molecular weight excluding hydrogens is 256 g/mol. The molecule has 0 heterocycles. The average molecular weight is 288 g/mol. The smallest absolute Gasteiger partial charge is 0.141 e. The van der Waals surface area contributed by atoms with Gasteiger partial charge in [0.15, 0.2) is 0 Å². The van der Waals surface area contributed by atoms with Crippen LogP contribution in [0.15, 0.2) is 24.3 Å². The lowest BCUT2D eigenvalue weighted by atomic mass is 9.64. The molecule has 0 fully saturated rings. The molecule has 118 valence electrons. The lowest BCUT2D eigenvalue weighted by Crippen LogP contribution is -2.37. The van der Waals surface area contributed by atoms with Crippen molar-refractivity contribution in [2.45, 2.75) is 67.7 Å². The molecule has 1 nitrogen and oxygen atoms in total. The van der Waals surface area contributed by atoms with Gasteiger partial charge < -0.3 is 0 Å². The van der Waals surface area contributed by atoms with E-state index in [4.69, 9.17) is 0 Å². The van der Waals surface area contributed by atoms with Gasteiger partial charge >= 0.3 is 0 Å². The summed E-state index contributed by atoms with van der Waals surface area (Å²) in [5.41, 5.74) is 2.34. The molecule has 1 unspecified atom stereocenters. The number of Topliss-reactive ketones (excluding diaryl/α,β-unsaturated/α-hetero) is 1. The van der Waals surface area contributed by atoms with Crippen molar-refractivity contribution in [2.24, 2.45) is 16.7 Å². The fourth-order valence-electron chi connectivity index (χ4n) is 3.24. The van der Waals surface area contributed by atoms with E-state index in [2.05, 4.69) is 58.9 Å². The highest BCUT2D eigenvalue weighted by atomic mass is 16.1. The first-order chi connectivity index (χ1) is 9.48. The van der Waals surface area contributed by atoms with Crippen LogP contribution in [0.2, 0.25) is 0 Å². The van der Waals surface area contributed by atoms with E-state index in [1.54, 1.807) is 0 Å². The largest absolute Gasteiger partial charge is 0.299 e. The second-order valence-electron chi connectivity index (χ2n) is 8.38. The molecule has 0 aromatic heterocycles. The lowest BCUT2D eigenvalue weighted by molar-refractivity contribution is -0.132. The predicted molar refractivity (Wildman–Crippen MR) is 91.6 cm³/mol. The number of benzene rings is 1. The molecule has 0 spiro atoms. The highest BCUT2D eigenvalue weighted by Gasteiger charge is 2.40. The lowest BCUT2D eigenvalue weighted by Gasteiger charge is -2.39. The van der Waals surface area contributed by atoms with Gasteiger partial charge in [0.25, 0.3) is 0 Å². The summed E-state index contributed by atoms with van der Waals surface area (Å²) in [4.78, 5) is 12.9. The van der Waals surface area contributed by atoms with E-state index in [0.29, 0.717) is 5.78 Å². The van der Waals surface area contributed by atoms with Crippen molar-refractivity contribution in [3.05, 3.63) is 35.4 Å². The number of carbonyl (C=O) groups is 1. The molecule has 21 heavy (non-hydrogen) atoms. The first-order valence-electron chi connectivity index (χ1n) is 8.09. The maximum Gasteiger partial charge on any atom is 0.141 e. The summed E-state index contributed by atoms with van der Waals surface area (Å²) in [6.07, 6.45) is 0.895. The maximum absolute atomic E-state index is 12.9. The van der Waals surface area contributed by atoms with Gasteiger partial charge in [0, 0.05) is 11.3 Å². The predicted octanol–water partition coefficient (Wildman–Crippen LogP) is 5.77. The molecule has 2 atom stereocenters. The SMILES string of the molecule is CCC(C(=O)C(C)(C)C)[C@@H](c1ccc(C)cc1)C(C)(C)C. The summed E-state index contributed by atoms with van der Waals surface area (Å²) in [5, 5.41) is 0. The van der Waals surface area contributed by atoms with Crippen LogP contribution in [0.4, 0.5) is 0 Å². The van der Waals surface area contributed by atoms with Crippen LogP contribution in [0.3, 0.4) is 0 Å². The molecule has 0 saturated heterocycles. The third-order valence-corrected chi connectivity index (χ3v) is 4.29. The Hall–Kier alpha value is -1.11. The standard InChI is InChI=1S/C20H32O/c1-9-16(18(21)20(6,7)8)17(19(3,4)5)15-12-10-14(2)11-13-15/h10-13,16-17H,9H2,1-8H3/t16?,17-/m1/s1. The summed E-state index contributed by atoms with van der Waals surface area (Å²) < 4.78 is 0. The van der Waals surface area contributed by atoms with E-state index < -0.39 is 0 Å². The Morgan fingerprint density at radius 1 is 1.00 bits per heavy atom. The van der Waals surface area contributed by atoms with E-state index in [0.717, 1.165) is 6.42 Å². The summed E-state index contributed by atoms with van der Waals surface area (Å²) in [6.45, 7) is 17.1. The number of hydrogen-bond donors (Lipinski definition) is 0. The van der Waals surface area contributed by atoms with Crippen LogP contribution in [-0.2, 0) is 4.79 Å². The zero-order chi connectivity index (χ0) is 16.4. The summed E-state index contributed by atoms with van der Waals surface area (Å²) in [7, 11) is 0. The van der Waals surface area contributed by atoms with Crippen LogP contribution in [0.1, 0.15) is 71.9 Å². The highest BCUT2D eigenvalue weighted by molar-refractivity contribution is 5.86. The van der Waals surface area contributed by atoms with E-state index >= 15 is 0 Å². The molecular formula is C20H32O. The number of carbonyl (C=O) groups excluding carboxylic acids is 1. The Bertz CT molecular complexity index is 468. The number of ketones is 1. The molecule has 1 heteroatoms. The van der Waals surface area contributed by atoms with Crippen molar-refractivity contribution in [1.29, 1.82) is 0 Å². The molecule has 0 amide bonds. The Morgan fingerprint density at radius 3 is 1.81 bits per heavy atom. The van der Waals surface area contributed by atoms with Crippen molar-refractivity contribution in [1.82, 2.24) is 0 Å². The number of aryl methyl sites for hydroxylation is 1. The number of hydrogen-bond acceptors (Lipinski definition) is 1. The van der Waals surface area contributed by atoms with E-state index in [-0.39, 0.29) is 22.7 Å². The normalized spacial score (nSPS) is 15.6. The second-order valence-corrected chi connectivity index (χ2v) is 8.38. The van der Waals surface area contributed by atoms with Gasteiger partial charge in [-0.3, -0.25) is 4.79 Å². The van der Waals surface area contributed by atoms with Crippen molar-refractivity contribution in [2.75, 3.05) is 0 Å². The van der Waals surface area contributed by atoms with Crippen molar-refractivity contribution < 1.29 is 4.79 Å². The highest BCUT2D eigenvalue weighted by Crippen LogP contribution is 2.44. The average Bonchev–Trinajstić information content (AvgIpc) is 2.34. The minimum absolute atomic E-state index is 0.0663. The van der Waals surface area contributed by atoms with Crippen molar-refractivity contribution >= 4 is 5.78 Å². The van der Waals surface area contributed by atoms with Gasteiger partial charge in [-0.25, -0.2) is 0 Å². The fourth-order valence-corrected chi connectivity index (χ4v) is 3.24. The molecule has 0 aliphatic carbocycles. The van der Waals surface area contributed by atoms with Crippen LogP contribution in [0.5, 0.6) is 0 Å². The molecule has 0 aliphatic rings. The Balaban J connectivity index is 3.30. The molecule has 0 N–H and O–H groups in total. The first-order valence-corrected chi connectivity index (χ1v) is 8.09. The quantitative estimate of drug-likeness (QED) is 0.687. The van der Waals surface area contributed by atoms with Gasteiger partial charge in [0.1, 0.15) is 5.78 Å². The van der Waals surface area contributed by atoms with Crippen LogP contribution in [0.25, 0.3) is 0 Å². The first kappa shape index (κ1) is 17.9. The third kappa shape index (κ3) is 4.43.